The first-order chi connectivity index (χ1) is 4.70. The van der Waals surface area contributed by atoms with E-state index in [4.69, 9.17) is 0 Å². The molecule has 10 heavy (non-hydrogen) atoms. The first-order valence-corrected chi connectivity index (χ1v) is 4.48. The van der Waals surface area contributed by atoms with Crippen LogP contribution in [0.4, 0.5) is 0 Å². The first kappa shape index (κ1) is 7.86. The molecule has 0 spiro atoms. The molecule has 0 bridgehead atoms. The lowest BCUT2D eigenvalue weighted by atomic mass is 10.1. The number of allylic oxidation sites excluding steroid dienone is 1. The summed E-state index contributed by atoms with van der Waals surface area (Å²) in [6.45, 7) is 6.54. The van der Waals surface area contributed by atoms with E-state index in [1.54, 1.807) is 11.8 Å². The average Bonchev–Trinajstić information content (AvgIpc) is 1.88. The third-order valence-electron chi connectivity index (χ3n) is 1.46. The van der Waals surface area contributed by atoms with Crippen molar-refractivity contribution in [1.82, 2.24) is 0 Å². The fourth-order valence-electron chi connectivity index (χ4n) is 0.836. The van der Waals surface area contributed by atoms with Gasteiger partial charge in [-0.1, -0.05) is 31.7 Å². The number of aliphatic imine (C=N–C) groups is 1. The molecule has 0 fully saturated rings. The molecule has 0 amide bonds. The van der Waals surface area contributed by atoms with Gasteiger partial charge in [-0.05, 0) is 17.7 Å². The Hall–Kier alpha value is -0.240. The van der Waals surface area contributed by atoms with Gasteiger partial charge in [0.15, 0.2) is 0 Å². The quantitative estimate of drug-likeness (QED) is 0.567. The molecule has 1 aliphatic rings. The van der Waals surface area contributed by atoms with Crippen LogP contribution in [0.1, 0.15) is 20.8 Å². The van der Waals surface area contributed by atoms with Gasteiger partial charge in [0.1, 0.15) is 0 Å². The summed E-state index contributed by atoms with van der Waals surface area (Å²) in [6, 6.07) is 0.388. The van der Waals surface area contributed by atoms with Crippen molar-refractivity contribution < 1.29 is 0 Å². The van der Waals surface area contributed by atoms with Crippen LogP contribution in [0.2, 0.25) is 0 Å². The molecule has 0 radical (unpaired) electrons. The topological polar surface area (TPSA) is 12.4 Å². The van der Waals surface area contributed by atoms with Crippen molar-refractivity contribution in [2.45, 2.75) is 26.8 Å². The van der Waals surface area contributed by atoms with Gasteiger partial charge < -0.3 is 0 Å². The minimum absolute atomic E-state index is 0.388. The Morgan fingerprint density at radius 1 is 1.60 bits per heavy atom. The summed E-state index contributed by atoms with van der Waals surface area (Å²) >= 11 is 1.74. The van der Waals surface area contributed by atoms with Gasteiger partial charge in [0.25, 0.3) is 0 Å². The van der Waals surface area contributed by atoms with E-state index in [-0.39, 0.29) is 0 Å². The summed E-state index contributed by atoms with van der Waals surface area (Å²) in [6.07, 6.45) is 2.23. The number of rotatable bonds is 1. The molecule has 0 saturated carbocycles. The largest absolute Gasteiger partial charge is 0.279 e. The van der Waals surface area contributed by atoms with Crippen molar-refractivity contribution in [3.63, 3.8) is 0 Å². The molecule has 1 aliphatic heterocycles. The van der Waals surface area contributed by atoms with Crippen molar-refractivity contribution in [3.05, 3.63) is 11.0 Å². The molecule has 0 aromatic heterocycles. The van der Waals surface area contributed by atoms with Crippen LogP contribution in [0.15, 0.2) is 16.0 Å². The van der Waals surface area contributed by atoms with Crippen LogP contribution in [-0.2, 0) is 0 Å². The van der Waals surface area contributed by atoms with Gasteiger partial charge in [0.2, 0.25) is 0 Å². The van der Waals surface area contributed by atoms with Crippen molar-refractivity contribution in [3.8, 4) is 0 Å². The molecule has 0 aromatic carbocycles. The standard InChI is InChI=1S/C8H13NS/c1-6(2)8-4-7(3)9-5-10-8/h4-7H,1-3H3. The van der Waals surface area contributed by atoms with E-state index >= 15 is 0 Å². The van der Waals surface area contributed by atoms with Crippen LogP contribution < -0.4 is 0 Å². The number of hydrogen-bond acceptors (Lipinski definition) is 2. The smallest absolute Gasteiger partial charge is 0.0668 e. The second-order valence-corrected chi connectivity index (χ2v) is 3.75. The highest BCUT2D eigenvalue weighted by Crippen LogP contribution is 2.26. The monoisotopic (exact) mass is 155 g/mol. The molecule has 0 saturated heterocycles. The predicted octanol–water partition coefficient (Wildman–Crippen LogP) is 2.69. The van der Waals surface area contributed by atoms with Crippen LogP contribution in [0.5, 0.6) is 0 Å². The molecule has 1 rings (SSSR count). The van der Waals surface area contributed by atoms with Crippen LogP contribution in [0.3, 0.4) is 0 Å². The Kier molecular flexibility index (Phi) is 2.55. The van der Waals surface area contributed by atoms with E-state index in [1.807, 2.05) is 5.55 Å². The highest BCUT2D eigenvalue weighted by Gasteiger charge is 2.08. The second kappa shape index (κ2) is 3.24. The molecule has 1 heterocycles. The molecular formula is C8H13NS. The van der Waals surface area contributed by atoms with Crippen LogP contribution in [-0.4, -0.2) is 11.6 Å². The minimum Gasteiger partial charge on any atom is -0.279 e. The van der Waals surface area contributed by atoms with Gasteiger partial charge in [0.05, 0.1) is 11.6 Å². The zero-order valence-electron chi connectivity index (χ0n) is 6.66. The third kappa shape index (κ3) is 1.87. The zero-order chi connectivity index (χ0) is 7.56. The molecule has 2 heteroatoms. The lowest BCUT2D eigenvalue weighted by Crippen LogP contribution is -2.02. The molecule has 56 valence electrons. The van der Waals surface area contributed by atoms with E-state index in [1.165, 1.54) is 4.91 Å². The lowest BCUT2D eigenvalue weighted by Gasteiger charge is -2.13. The van der Waals surface area contributed by atoms with Crippen LogP contribution in [0.25, 0.3) is 0 Å². The maximum absolute atomic E-state index is 4.22. The molecular weight excluding hydrogens is 142 g/mol. The number of nitrogens with zero attached hydrogens (tertiary/aromatic N) is 1. The number of thioether (sulfide) groups is 1. The van der Waals surface area contributed by atoms with Crippen LogP contribution >= 0.6 is 11.8 Å². The van der Waals surface area contributed by atoms with Crippen molar-refractivity contribution in [1.29, 1.82) is 0 Å². The summed E-state index contributed by atoms with van der Waals surface area (Å²) < 4.78 is 0. The summed E-state index contributed by atoms with van der Waals surface area (Å²) in [7, 11) is 0. The van der Waals surface area contributed by atoms with E-state index < -0.39 is 0 Å². The Balaban J connectivity index is 2.62. The SMILES string of the molecule is CC1C=C(C(C)C)SC=N1. The summed E-state index contributed by atoms with van der Waals surface area (Å²) in [5, 5.41) is 0. The maximum Gasteiger partial charge on any atom is 0.0668 e. The van der Waals surface area contributed by atoms with Gasteiger partial charge in [0, 0.05) is 0 Å². The van der Waals surface area contributed by atoms with Gasteiger partial charge >= 0.3 is 0 Å². The Labute approximate surface area is 66.6 Å². The van der Waals surface area contributed by atoms with E-state index in [2.05, 4.69) is 31.8 Å². The molecule has 0 aliphatic carbocycles. The molecule has 1 unspecified atom stereocenters. The maximum atomic E-state index is 4.22. The highest BCUT2D eigenvalue weighted by molar-refractivity contribution is 8.15. The Morgan fingerprint density at radius 2 is 2.30 bits per heavy atom. The second-order valence-electron chi connectivity index (χ2n) is 2.84. The molecule has 1 atom stereocenters. The zero-order valence-corrected chi connectivity index (χ0v) is 7.48. The summed E-state index contributed by atoms with van der Waals surface area (Å²) in [5.74, 6) is 0.652. The normalized spacial score (nSPS) is 25.2. The minimum atomic E-state index is 0.388. The fourth-order valence-corrected chi connectivity index (χ4v) is 1.76. The van der Waals surface area contributed by atoms with Crippen LogP contribution in [0, 0.1) is 5.92 Å². The number of hydrogen-bond donors (Lipinski definition) is 0. The van der Waals surface area contributed by atoms with E-state index in [9.17, 15) is 0 Å². The fraction of sp³-hybridized carbons (Fsp3) is 0.625. The highest BCUT2D eigenvalue weighted by atomic mass is 32.2. The Bertz CT molecular complexity index is 170. The van der Waals surface area contributed by atoms with Crippen molar-refractivity contribution in [2.75, 3.05) is 0 Å². The summed E-state index contributed by atoms with van der Waals surface area (Å²) in [4.78, 5) is 5.67. The van der Waals surface area contributed by atoms with Crippen molar-refractivity contribution in [2.24, 2.45) is 10.9 Å². The van der Waals surface area contributed by atoms with Gasteiger partial charge in [-0.2, -0.15) is 0 Å². The first-order valence-electron chi connectivity index (χ1n) is 3.60. The van der Waals surface area contributed by atoms with Gasteiger partial charge in [-0.3, -0.25) is 4.99 Å². The third-order valence-corrected chi connectivity index (χ3v) is 2.57. The predicted molar refractivity (Wildman–Crippen MR) is 48.5 cm³/mol. The average molecular weight is 155 g/mol. The molecule has 1 nitrogen and oxygen atoms in total. The molecule has 0 N–H and O–H groups in total. The summed E-state index contributed by atoms with van der Waals surface area (Å²) in [5.41, 5.74) is 1.94. The lowest BCUT2D eigenvalue weighted by molar-refractivity contribution is 0.796. The van der Waals surface area contributed by atoms with Crippen molar-refractivity contribution >= 4 is 17.3 Å². The Morgan fingerprint density at radius 3 is 2.70 bits per heavy atom. The molecule has 0 aromatic rings. The van der Waals surface area contributed by atoms with Gasteiger partial charge in [-0.15, -0.1) is 0 Å². The van der Waals surface area contributed by atoms with E-state index in [0.717, 1.165) is 0 Å². The van der Waals surface area contributed by atoms with Gasteiger partial charge in [-0.25, -0.2) is 0 Å². The van der Waals surface area contributed by atoms with E-state index in [0.29, 0.717) is 12.0 Å².